The molecule has 0 radical (unpaired) electrons. The van der Waals surface area contributed by atoms with Gasteiger partial charge >= 0.3 is 0 Å². The molecule has 0 atom stereocenters. The van der Waals surface area contributed by atoms with Gasteiger partial charge in [0.2, 0.25) is 0 Å². The maximum Gasteiger partial charge on any atom is 0.160 e. The van der Waals surface area contributed by atoms with Crippen LogP contribution in [0.4, 0.5) is 5.69 Å². The summed E-state index contributed by atoms with van der Waals surface area (Å²) in [7, 11) is 0. The maximum absolute atomic E-state index is 12.1. The predicted octanol–water partition coefficient (Wildman–Crippen LogP) is 3.18. The number of hydrogen-bond donors (Lipinski definition) is 1. The van der Waals surface area contributed by atoms with E-state index >= 15 is 0 Å². The number of rotatable bonds is 6. The van der Waals surface area contributed by atoms with E-state index in [1.165, 1.54) is 0 Å². The van der Waals surface area contributed by atoms with Gasteiger partial charge in [-0.25, -0.2) is 9.67 Å². The summed E-state index contributed by atoms with van der Waals surface area (Å²) in [4.78, 5) is 16.7. The molecule has 1 aliphatic heterocycles. The molecule has 8 heteroatoms. The SMILES string of the molecule is CCCc1nc2c(cnn2CC)c(NC2CCOCC2)c1C([NH-])=O.[W]. The van der Waals surface area contributed by atoms with Gasteiger partial charge in [0, 0.05) is 52.4 Å². The minimum absolute atomic E-state index is 0. The summed E-state index contributed by atoms with van der Waals surface area (Å²) in [6.45, 7) is 6.21. The average molecular weight is 514 g/mol. The normalized spacial score (nSPS) is 15.1. The van der Waals surface area contributed by atoms with Crippen LogP contribution in [0.25, 0.3) is 16.8 Å². The molecule has 2 aromatic heterocycles. The number of anilines is 1. The molecule has 1 amide bonds. The predicted molar refractivity (Wildman–Crippen MR) is 93.3 cm³/mol. The molecule has 25 heavy (non-hydrogen) atoms. The quantitative estimate of drug-likeness (QED) is 0.640. The van der Waals surface area contributed by atoms with E-state index in [-0.39, 0.29) is 27.1 Å². The second-order valence-electron chi connectivity index (χ2n) is 6.12. The third kappa shape index (κ3) is 4.04. The molecule has 2 N–H and O–H groups in total. The fourth-order valence-corrected chi connectivity index (χ4v) is 3.23. The van der Waals surface area contributed by atoms with Crippen LogP contribution in [0, 0.1) is 0 Å². The molecule has 7 nitrogen and oxygen atoms in total. The second-order valence-corrected chi connectivity index (χ2v) is 6.12. The van der Waals surface area contributed by atoms with Gasteiger partial charge in [0.25, 0.3) is 0 Å². The molecular formula is C17H24N5O2W-. The number of ether oxygens (including phenoxy) is 1. The van der Waals surface area contributed by atoms with E-state index in [9.17, 15) is 4.79 Å². The molecule has 0 aromatic carbocycles. The minimum Gasteiger partial charge on any atom is -0.663 e. The second kappa shape index (κ2) is 8.76. The number of nitrogens with zero attached hydrogens (tertiary/aromatic N) is 3. The van der Waals surface area contributed by atoms with E-state index in [4.69, 9.17) is 10.5 Å². The molecule has 0 unspecified atom stereocenters. The summed E-state index contributed by atoms with van der Waals surface area (Å²) >= 11 is 0. The number of amides is 1. The van der Waals surface area contributed by atoms with E-state index in [2.05, 4.69) is 15.4 Å². The number of carbonyl (C=O) groups excluding carboxylic acids is 1. The zero-order valence-corrected chi connectivity index (χ0v) is 17.6. The van der Waals surface area contributed by atoms with Gasteiger partial charge in [-0.1, -0.05) is 13.3 Å². The van der Waals surface area contributed by atoms with Gasteiger partial charge in [0.15, 0.2) is 5.65 Å². The summed E-state index contributed by atoms with van der Waals surface area (Å²) in [5, 5.41) is 8.70. The van der Waals surface area contributed by atoms with Crippen molar-refractivity contribution in [2.45, 2.75) is 52.1 Å². The third-order valence-electron chi connectivity index (χ3n) is 4.44. The summed E-state index contributed by atoms with van der Waals surface area (Å²) in [6, 6.07) is 0.238. The van der Waals surface area contributed by atoms with Crippen LogP contribution in [-0.2, 0) is 38.8 Å². The first kappa shape index (κ1) is 19.9. The number of fused-ring (bicyclic) bond motifs is 1. The van der Waals surface area contributed by atoms with Crippen molar-refractivity contribution in [3.63, 3.8) is 0 Å². The molecule has 1 fully saturated rings. The molecule has 0 saturated carbocycles. The first-order chi connectivity index (χ1) is 11.7. The van der Waals surface area contributed by atoms with Gasteiger partial charge in [0.1, 0.15) is 0 Å². The minimum atomic E-state index is -0.688. The number of carbonyl (C=O) groups is 1. The van der Waals surface area contributed by atoms with Crippen molar-refractivity contribution >= 4 is 22.6 Å². The van der Waals surface area contributed by atoms with Crippen LogP contribution in [0.1, 0.15) is 49.2 Å². The van der Waals surface area contributed by atoms with Crippen molar-refractivity contribution in [3.05, 3.63) is 23.2 Å². The van der Waals surface area contributed by atoms with Crippen molar-refractivity contribution in [1.29, 1.82) is 0 Å². The van der Waals surface area contributed by atoms with Crippen LogP contribution < -0.4 is 5.32 Å². The first-order valence-electron chi connectivity index (χ1n) is 8.64. The van der Waals surface area contributed by atoms with Crippen LogP contribution in [-0.4, -0.2) is 39.9 Å². The van der Waals surface area contributed by atoms with Crippen molar-refractivity contribution in [2.24, 2.45) is 0 Å². The smallest absolute Gasteiger partial charge is 0.160 e. The average Bonchev–Trinajstić information content (AvgIpc) is 2.98. The summed E-state index contributed by atoms with van der Waals surface area (Å²) in [6.07, 6.45) is 5.07. The Balaban J connectivity index is 0.00000225. The molecule has 0 spiro atoms. The number of aromatic nitrogens is 3. The van der Waals surface area contributed by atoms with Crippen LogP contribution in [0.2, 0.25) is 0 Å². The Kier molecular flexibility index (Phi) is 6.96. The van der Waals surface area contributed by atoms with Crippen LogP contribution in [0.15, 0.2) is 6.20 Å². The van der Waals surface area contributed by atoms with E-state index in [1.807, 2.05) is 18.5 Å². The molecule has 1 saturated heterocycles. The monoisotopic (exact) mass is 514 g/mol. The van der Waals surface area contributed by atoms with Crippen molar-refractivity contribution in [1.82, 2.24) is 14.8 Å². The van der Waals surface area contributed by atoms with Crippen molar-refractivity contribution < 1.29 is 30.6 Å². The standard InChI is InChI=1S/C17H25N5O2.W/c1-3-5-13-14(16(18)23)15(20-11-6-8-24-9-7-11)12-10-19-22(4-2)17(12)21-13;/h10-11H,3-9H2,1-2H3,(H3,18,19,20,21,23);/p-1. The van der Waals surface area contributed by atoms with Gasteiger partial charge in [-0.3, -0.25) is 0 Å². The molecule has 0 aliphatic carbocycles. The Morgan fingerprint density at radius 3 is 2.72 bits per heavy atom. The van der Waals surface area contributed by atoms with Gasteiger partial charge in [-0.05, 0) is 26.2 Å². The van der Waals surface area contributed by atoms with Crippen molar-refractivity contribution in [2.75, 3.05) is 18.5 Å². The fraction of sp³-hybridized carbons (Fsp3) is 0.588. The Hall–Kier alpha value is -1.46. The topological polar surface area (TPSA) is 92.8 Å². The zero-order valence-electron chi connectivity index (χ0n) is 14.7. The third-order valence-corrected chi connectivity index (χ3v) is 4.44. The van der Waals surface area contributed by atoms with Crippen LogP contribution >= 0.6 is 0 Å². The van der Waals surface area contributed by atoms with Gasteiger partial charge < -0.3 is 20.6 Å². The molecule has 2 aromatic rings. The maximum atomic E-state index is 12.1. The number of aryl methyl sites for hydroxylation is 2. The van der Waals surface area contributed by atoms with Gasteiger partial charge in [0.05, 0.1) is 28.9 Å². The largest absolute Gasteiger partial charge is 0.663 e. The van der Waals surface area contributed by atoms with Crippen LogP contribution in [0.5, 0.6) is 0 Å². The van der Waals surface area contributed by atoms with Crippen LogP contribution in [0.3, 0.4) is 0 Å². The summed E-state index contributed by atoms with van der Waals surface area (Å²) < 4.78 is 7.25. The van der Waals surface area contributed by atoms with E-state index < -0.39 is 5.91 Å². The Bertz CT molecular complexity index is 740. The molecular weight excluding hydrogens is 490 g/mol. The Morgan fingerprint density at radius 2 is 2.12 bits per heavy atom. The van der Waals surface area contributed by atoms with Gasteiger partial charge in [-0.15, -0.1) is 0 Å². The molecule has 3 heterocycles. The molecule has 1 aliphatic rings. The number of nitrogens with one attached hydrogen (secondary N) is 2. The molecule has 0 bridgehead atoms. The van der Waals surface area contributed by atoms with Gasteiger partial charge in [-0.2, -0.15) is 5.10 Å². The Morgan fingerprint density at radius 1 is 1.40 bits per heavy atom. The molecule has 136 valence electrons. The summed E-state index contributed by atoms with van der Waals surface area (Å²) in [5.74, 6) is -0.688. The zero-order chi connectivity index (χ0) is 17.1. The van der Waals surface area contributed by atoms with Crippen molar-refractivity contribution in [3.8, 4) is 0 Å². The Labute approximate surface area is 162 Å². The van der Waals surface area contributed by atoms with E-state index in [0.29, 0.717) is 37.4 Å². The van der Waals surface area contributed by atoms with E-state index in [0.717, 1.165) is 36.0 Å². The first-order valence-corrected chi connectivity index (χ1v) is 8.64. The van der Waals surface area contributed by atoms with E-state index in [1.54, 1.807) is 6.20 Å². The summed E-state index contributed by atoms with van der Waals surface area (Å²) in [5.41, 5.74) is 10.3. The molecule has 3 rings (SSSR count). The number of pyridine rings is 1. The number of hydrogen-bond acceptors (Lipinski definition) is 5. The fourth-order valence-electron chi connectivity index (χ4n) is 3.23.